The molecular formula is C10H14ClN3O2. The van der Waals surface area contributed by atoms with E-state index in [-0.39, 0.29) is 11.7 Å². The molecule has 0 bridgehead atoms. The third-order valence-corrected chi connectivity index (χ3v) is 2.65. The van der Waals surface area contributed by atoms with Crippen molar-refractivity contribution in [2.24, 2.45) is 11.5 Å². The minimum Gasteiger partial charge on any atom is -0.330 e. The maximum atomic E-state index is 10.6. The van der Waals surface area contributed by atoms with Crippen molar-refractivity contribution in [2.45, 2.75) is 18.9 Å². The van der Waals surface area contributed by atoms with E-state index in [1.807, 2.05) is 0 Å². The molecule has 0 saturated carbocycles. The zero-order valence-corrected chi connectivity index (χ0v) is 9.48. The summed E-state index contributed by atoms with van der Waals surface area (Å²) >= 11 is 5.94. The molecule has 0 radical (unpaired) electrons. The molecule has 88 valence electrons. The molecule has 5 nitrogen and oxygen atoms in total. The lowest BCUT2D eigenvalue weighted by molar-refractivity contribution is -0.384. The number of nitro benzene ring substituents is 1. The molecule has 0 aromatic heterocycles. The number of hydrogen-bond donors (Lipinski definition) is 2. The second-order valence-electron chi connectivity index (χ2n) is 3.50. The Morgan fingerprint density at radius 2 is 2.19 bits per heavy atom. The van der Waals surface area contributed by atoms with E-state index in [9.17, 15) is 10.1 Å². The summed E-state index contributed by atoms with van der Waals surface area (Å²) in [6, 6.07) is 3.97. The predicted molar refractivity (Wildman–Crippen MR) is 63.3 cm³/mol. The Morgan fingerprint density at radius 3 is 2.75 bits per heavy atom. The van der Waals surface area contributed by atoms with E-state index in [2.05, 4.69) is 0 Å². The summed E-state index contributed by atoms with van der Waals surface area (Å²) in [6.07, 6.45) is 1.43. The standard InChI is InChI=1S/C10H14ClN3O2/c11-9-4-3-7(14(15)16)6-8(9)10(13)2-1-5-12/h3-4,6,10H,1-2,5,12-13H2/t10-/m0/s1. The summed E-state index contributed by atoms with van der Waals surface area (Å²) in [5.74, 6) is 0. The van der Waals surface area contributed by atoms with Gasteiger partial charge in [0.2, 0.25) is 0 Å². The van der Waals surface area contributed by atoms with Crippen LogP contribution in [0.5, 0.6) is 0 Å². The Hall–Kier alpha value is -1.17. The largest absolute Gasteiger partial charge is 0.330 e. The minimum atomic E-state index is -0.463. The van der Waals surface area contributed by atoms with Crippen LogP contribution in [-0.2, 0) is 0 Å². The third-order valence-electron chi connectivity index (χ3n) is 2.31. The summed E-state index contributed by atoms with van der Waals surface area (Å²) in [5.41, 5.74) is 11.9. The van der Waals surface area contributed by atoms with Gasteiger partial charge < -0.3 is 11.5 Å². The topological polar surface area (TPSA) is 95.2 Å². The number of hydrogen-bond acceptors (Lipinski definition) is 4. The first-order chi connectivity index (χ1) is 7.56. The zero-order chi connectivity index (χ0) is 12.1. The molecule has 0 aliphatic carbocycles. The Bertz CT molecular complexity index is 384. The molecule has 6 heteroatoms. The van der Waals surface area contributed by atoms with Crippen molar-refractivity contribution in [3.05, 3.63) is 38.9 Å². The van der Waals surface area contributed by atoms with Gasteiger partial charge in [0.25, 0.3) is 5.69 Å². The van der Waals surface area contributed by atoms with Crippen molar-refractivity contribution in [2.75, 3.05) is 6.54 Å². The van der Waals surface area contributed by atoms with Gasteiger partial charge in [0.05, 0.1) is 4.92 Å². The van der Waals surface area contributed by atoms with Crippen LogP contribution in [0.3, 0.4) is 0 Å². The van der Waals surface area contributed by atoms with Crippen LogP contribution in [0.25, 0.3) is 0 Å². The highest BCUT2D eigenvalue weighted by Crippen LogP contribution is 2.28. The fourth-order valence-corrected chi connectivity index (χ4v) is 1.68. The van der Waals surface area contributed by atoms with Gasteiger partial charge >= 0.3 is 0 Å². The normalized spacial score (nSPS) is 12.4. The van der Waals surface area contributed by atoms with Crippen LogP contribution >= 0.6 is 11.6 Å². The van der Waals surface area contributed by atoms with Crippen molar-refractivity contribution >= 4 is 17.3 Å². The first-order valence-corrected chi connectivity index (χ1v) is 5.33. The van der Waals surface area contributed by atoms with Gasteiger partial charge in [0.1, 0.15) is 0 Å². The SMILES string of the molecule is NCCC[C@H](N)c1cc([N+](=O)[O-])ccc1Cl. The lowest BCUT2D eigenvalue weighted by Crippen LogP contribution is -2.13. The van der Waals surface area contributed by atoms with Gasteiger partial charge in [0, 0.05) is 23.2 Å². The van der Waals surface area contributed by atoms with Gasteiger partial charge in [0.15, 0.2) is 0 Å². The third kappa shape index (κ3) is 3.16. The fraction of sp³-hybridized carbons (Fsp3) is 0.400. The molecule has 0 amide bonds. The van der Waals surface area contributed by atoms with E-state index in [0.29, 0.717) is 23.6 Å². The second-order valence-corrected chi connectivity index (χ2v) is 3.91. The number of nitrogens with zero attached hydrogens (tertiary/aromatic N) is 1. The molecule has 0 fully saturated rings. The van der Waals surface area contributed by atoms with Gasteiger partial charge in [-0.25, -0.2) is 0 Å². The number of non-ortho nitro benzene ring substituents is 1. The summed E-state index contributed by atoms with van der Waals surface area (Å²) in [5, 5.41) is 11.1. The van der Waals surface area contributed by atoms with E-state index in [0.717, 1.165) is 6.42 Å². The van der Waals surface area contributed by atoms with E-state index in [1.54, 1.807) is 0 Å². The first kappa shape index (κ1) is 12.9. The van der Waals surface area contributed by atoms with Crippen LogP contribution < -0.4 is 11.5 Å². The Morgan fingerprint density at radius 1 is 1.50 bits per heavy atom. The van der Waals surface area contributed by atoms with Gasteiger partial charge in [-0.1, -0.05) is 11.6 Å². The maximum absolute atomic E-state index is 10.6. The lowest BCUT2D eigenvalue weighted by atomic mass is 10.0. The highest BCUT2D eigenvalue weighted by atomic mass is 35.5. The van der Waals surface area contributed by atoms with Crippen molar-refractivity contribution in [1.82, 2.24) is 0 Å². The van der Waals surface area contributed by atoms with E-state index < -0.39 is 4.92 Å². The van der Waals surface area contributed by atoms with Crippen LogP contribution in [0.1, 0.15) is 24.4 Å². The summed E-state index contributed by atoms with van der Waals surface area (Å²) in [6.45, 7) is 0.542. The van der Waals surface area contributed by atoms with E-state index in [4.69, 9.17) is 23.1 Å². The summed E-state index contributed by atoms with van der Waals surface area (Å²) in [7, 11) is 0. The lowest BCUT2D eigenvalue weighted by Gasteiger charge is -2.12. The fourth-order valence-electron chi connectivity index (χ4n) is 1.42. The minimum absolute atomic E-state index is 0.00241. The highest BCUT2D eigenvalue weighted by Gasteiger charge is 2.14. The Kier molecular flexibility index (Phi) is 4.67. The summed E-state index contributed by atoms with van der Waals surface area (Å²) < 4.78 is 0. The van der Waals surface area contributed by atoms with Crippen LogP contribution in [-0.4, -0.2) is 11.5 Å². The molecule has 16 heavy (non-hydrogen) atoms. The molecule has 1 rings (SSSR count). The number of rotatable bonds is 5. The monoisotopic (exact) mass is 243 g/mol. The molecular weight excluding hydrogens is 230 g/mol. The number of nitrogens with two attached hydrogens (primary N) is 2. The number of nitro groups is 1. The molecule has 1 atom stereocenters. The van der Waals surface area contributed by atoms with Crippen molar-refractivity contribution < 1.29 is 4.92 Å². The second kappa shape index (κ2) is 5.79. The molecule has 0 heterocycles. The van der Waals surface area contributed by atoms with Gasteiger partial charge in [-0.05, 0) is 31.0 Å². The average Bonchev–Trinajstić information content (AvgIpc) is 2.26. The quantitative estimate of drug-likeness (QED) is 0.611. The van der Waals surface area contributed by atoms with Crippen LogP contribution in [0.2, 0.25) is 5.02 Å². The van der Waals surface area contributed by atoms with Crippen molar-refractivity contribution in [3.63, 3.8) is 0 Å². The van der Waals surface area contributed by atoms with Crippen molar-refractivity contribution in [3.8, 4) is 0 Å². The van der Waals surface area contributed by atoms with Gasteiger partial charge in [-0.3, -0.25) is 10.1 Å². The Balaban J connectivity index is 2.92. The molecule has 0 unspecified atom stereocenters. The van der Waals surface area contributed by atoms with Crippen LogP contribution in [0, 0.1) is 10.1 Å². The van der Waals surface area contributed by atoms with Gasteiger partial charge in [-0.2, -0.15) is 0 Å². The molecule has 1 aromatic carbocycles. The molecule has 0 spiro atoms. The zero-order valence-electron chi connectivity index (χ0n) is 8.73. The smallest absolute Gasteiger partial charge is 0.269 e. The molecule has 0 aliphatic rings. The predicted octanol–water partition coefficient (Wildman–Crippen LogP) is 1.99. The number of benzene rings is 1. The Labute approximate surface area is 98.5 Å². The molecule has 4 N–H and O–H groups in total. The molecule has 1 aromatic rings. The van der Waals surface area contributed by atoms with E-state index in [1.165, 1.54) is 18.2 Å². The molecule has 0 aliphatic heterocycles. The van der Waals surface area contributed by atoms with Gasteiger partial charge in [-0.15, -0.1) is 0 Å². The summed E-state index contributed by atoms with van der Waals surface area (Å²) in [4.78, 5) is 10.1. The van der Waals surface area contributed by atoms with Crippen LogP contribution in [0.15, 0.2) is 18.2 Å². The van der Waals surface area contributed by atoms with Crippen LogP contribution in [0.4, 0.5) is 5.69 Å². The molecule has 0 saturated heterocycles. The number of halogens is 1. The average molecular weight is 244 g/mol. The maximum Gasteiger partial charge on any atom is 0.269 e. The van der Waals surface area contributed by atoms with Crippen molar-refractivity contribution in [1.29, 1.82) is 0 Å². The first-order valence-electron chi connectivity index (χ1n) is 4.95. The van der Waals surface area contributed by atoms with E-state index >= 15 is 0 Å². The highest BCUT2D eigenvalue weighted by molar-refractivity contribution is 6.31.